The zero-order valence-electron chi connectivity index (χ0n) is 7.73. The first-order valence-corrected chi connectivity index (χ1v) is 3.88. The molecule has 0 saturated heterocycles. The van der Waals surface area contributed by atoms with Crippen molar-refractivity contribution in [1.82, 2.24) is 0 Å². The molecular formula is C9H16O2. The molecule has 0 aromatic rings. The summed E-state index contributed by atoms with van der Waals surface area (Å²) in [4.78, 5) is 11.1. The number of hydrogen-bond acceptors (Lipinski definition) is 2. The Hall–Kier alpha value is -0.790. The van der Waals surface area contributed by atoms with Crippen LogP contribution in [0.3, 0.4) is 0 Å². The van der Waals surface area contributed by atoms with E-state index in [4.69, 9.17) is 0 Å². The normalized spacial score (nSPS) is 9.09. The number of rotatable bonds is 3. The highest BCUT2D eigenvalue weighted by Crippen LogP contribution is 2.11. The van der Waals surface area contributed by atoms with Crippen LogP contribution in [-0.4, -0.2) is 13.1 Å². The summed E-state index contributed by atoms with van der Waals surface area (Å²) in [5.74, 6) is -0.188. The minimum absolute atomic E-state index is 0.188. The van der Waals surface area contributed by atoms with Gasteiger partial charge in [-0.15, -0.1) is 0 Å². The molecule has 0 N–H and O–H groups in total. The van der Waals surface area contributed by atoms with Crippen LogP contribution in [0.5, 0.6) is 0 Å². The summed E-state index contributed by atoms with van der Waals surface area (Å²) in [5.41, 5.74) is 1.87. The van der Waals surface area contributed by atoms with Crippen molar-refractivity contribution in [3.63, 3.8) is 0 Å². The Morgan fingerprint density at radius 2 is 1.91 bits per heavy atom. The highest BCUT2D eigenvalue weighted by Gasteiger charge is 2.08. The van der Waals surface area contributed by atoms with E-state index in [0.717, 1.165) is 24.0 Å². The number of methoxy groups -OCH3 is 1. The number of carbonyl (C=O) groups is 1. The van der Waals surface area contributed by atoms with Crippen molar-refractivity contribution >= 4 is 5.97 Å². The van der Waals surface area contributed by atoms with Gasteiger partial charge in [-0.2, -0.15) is 0 Å². The fourth-order valence-electron chi connectivity index (χ4n) is 0.929. The van der Waals surface area contributed by atoms with E-state index in [2.05, 4.69) is 4.74 Å². The van der Waals surface area contributed by atoms with Gasteiger partial charge in [0.1, 0.15) is 0 Å². The standard InChI is InChI=1S/C9H16O2/c1-5-6-8(7(2)3)9(10)11-4/h5-6H2,1-4H3. The van der Waals surface area contributed by atoms with Gasteiger partial charge in [0, 0.05) is 5.57 Å². The van der Waals surface area contributed by atoms with Crippen molar-refractivity contribution in [3.8, 4) is 0 Å². The molecule has 0 atom stereocenters. The Morgan fingerprint density at radius 3 is 2.18 bits per heavy atom. The maximum absolute atomic E-state index is 11.1. The maximum atomic E-state index is 11.1. The van der Waals surface area contributed by atoms with Crippen molar-refractivity contribution in [2.24, 2.45) is 0 Å². The first-order chi connectivity index (χ1) is 5.13. The summed E-state index contributed by atoms with van der Waals surface area (Å²) in [6.45, 7) is 5.91. The summed E-state index contributed by atoms with van der Waals surface area (Å²) >= 11 is 0. The molecule has 0 rings (SSSR count). The predicted molar refractivity (Wildman–Crippen MR) is 45.3 cm³/mol. The molecule has 0 aliphatic carbocycles. The summed E-state index contributed by atoms with van der Waals surface area (Å²) in [6, 6.07) is 0. The average molecular weight is 156 g/mol. The summed E-state index contributed by atoms with van der Waals surface area (Å²) in [5, 5.41) is 0. The number of carbonyl (C=O) groups excluding carboxylic acids is 1. The molecule has 0 aromatic heterocycles. The molecule has 0 bridgehead atoms. The number of hydrogen-bond donors (Lipinski definition) is 0. The first kappa shape index (κ1) is 10.2. The molecule has 0 aliphatic rings. The molecule has 0 amide bonds. The van der Waals surface area contributed by atoms with E-state index in [1.54, 1.807) is 0 Å². The van der Waals surface area contributed by atoms with Crippen LogP contribution >= 0.6 is 0 Å². The molecular weight excluding hydrogens is 140 g/mol. The van der Waals surface area contributed by atoms with Crippen molar-refractivity contribution in [1.29, 1.82) is 0 Å². The minimum Gasteiger partial charge on any atom is -0.466 e. The van der Waals surface area contributed by atoms with Crippen LogP contribution in [0.25, 0.3) is 0 Å². The van der Waals surface area contributed by atoms with Gasteiger partial charge < -0.3 is 4.74 Å². The largest absolute Gasteiger partial charge is 0.466 e. The van der Waals surface area contributed by atoms with Crippen LogP contribution in [0.4, 0.5) is 0 Å². The Labute approximate surface area is 68.2 Å². The molecule has 0 spiro atoms. The smallest absolute Gasteiger partial charge is 0.333 e. The van der Waals surface area contributed by atoms with Gasteiger partial charge in [-0.3, -0.25) is 0 Å². The van der Waals surface area contributed by atoms with Gasteiger partial charge in [-0.05, 0) is 20.3 Å². The van der Waals surface area contributed by atoms with Gasteiger partial charge in [0.15, 0.2) is 0 Å². The van der Waals surface area contributed by atoms with Crippen LogP contribution in [-0.2, 0) is 9.53 Å². The number of ether oxygens (including phenoxy) is 1. The topological polar surface area (TPSA) is 26.3 Å². The molecule has 0 aliphatic heterocycles. The second-order valence-electron chi connectivity index (χ2n) is 2.72. The van der Waals surface area contributed by atoms with E-state index >= 15 is 0 Å². The molecule has 0 fully saturated rings. The molecule has 64 valence electrons. The number of esters is 1. The Balaban J connectivity index is 4.36. The molecule has 2 nitrogen and oxygen atoms in total. The van der Waals surface area contributed by atoms with Gasteiger partial charge in [0.2, 0.25) is 0 Å². The monoisotopic (exact) mass is 156 g/mol. The zero-order valence-corrected chi connectivity index (χ0v) is 7.73. The van der Waals surface area contributed by atoms with Crippen LogP contribution in [0.2, 0.25) is 0 Å². The number of allylic oxidation sites excluding steroid dienone is 1. The van der Waals surface area contributed by atoms with Crippen molar-refractivity contribution in [2.45, 2.75) is 33.6 Å². The lowest BCUT2D eigenvalue weighted by Crippen LogP contribution is -2.05. The summed E-state index contributed by atoms with van der Waals surface area (Å²) < 4.78 is 4.63. The lowest BCUT2D eigenvalue weighted by molar-refractivity contribution is -0.136. The SMILES string of the molecule is CCCC(C(=O)OC)=C(C)C. The van der Waals surface area contributed by atoms with Crippen LogP contribution < -0.4 is 0 Å². The van der Waals surface area contributed by atoms with Gasteiger partial charge in [-0.1, -0.05) is 18.9 Å². The Bertz CT molecular complexity index is 164. The maximum Gasteiger partial charge on any atom is 0.333 e. The van der Waals surface area contributed by atoms with Crippen LogP contribution in [0.1, 0.15) is 33.6 Å². The molecule has 0 saturated carbocycles. The second-order valence-corrected chi connectivity index (χ2v) is 2.72. The molecule has 0 heterocycles. The van der Waals surface area contributed by atoms with E-state index in [1.807, 2.05) is 20.8 Å². The fraction of sp³-hybridized carbons (Fsp3) is 0.667. The van der Waals surface area contributed by atoms with Gasteiger partial charge in [-0.25, -0.2) is 4.79 Å². The van der Waals surface area contributed by atoms with Crippen LogP contribution in [0, 0.1) is 0 Å². The van der Waals surface area contributed by atoms with E-state index in [0.29, 0.717) is 0 Å². The Kier molecular flexibility index (Phi) is 4.59. The molecule has 0 aromatic carbocycles. The van der Waals surface area contributed by atoms with E-state index in [1.165, 1.54) is 7.11 Å². The third-order valence-electron chi connectivity index (χ3n) is 1.54. The lowest BCUT2D eigenvalue weighted by Gasteiger charge is -2.04. The minimum atomic E-state index is -0.188. The third-order valence-corrected chi connectivity index (χ3v) is 1.54. The molecule has 0 unspecified atom stereocenters. The lowest BCUT2D eigenvalue weighted by atomic mass is 10.1. The quantitative estimate of drug-likeness (QED) is 0.463. The first-order valence-electron chi connectivity index (χ1n) is 3.88. The second kappa shape index (κ2) is 4.94. The predicted octanol–water partition coefficient (Wildman–Crippen LogP) is 2.30. The molecule has 2 heteroatoms. The summed E-state index contributed by atoms with van der Waals surface area (Å²) in [6.07, 6.45) is 1.80. The highest BCUT2D eigenvalue weighted by atomic mass is 16.5. The zero-order chi connectivity index (χ0) is 8.85. The molecule has 11 heavy (non-hydrogen) atoms. The van der Waals surface area contributed by atoms with E-state index in [-0.39, 0.29) is 5.97 Å². The molecule has 0 radical (unpaired) electrons. The highest BCUT2D eigenvalue weighted by molar-refractivity contribution is 5.88. The van der Waals surface area contributed by atoms with E-state index < -0.39 is 0 Å². The Morgan fingerprint density at radius 1 is 1.36 bits per heavy atom. The fourth-order valence-corrected chi connectivity index (χ4v) is 0.929. The van der Waals surface area contributed by atoms with E-state index in [9.17, 15) is 4.79 Å². The van der Waals surface area contributed by atoms with Crippen molar-refractivity contribution in [2.75, 3.05) is 7.11 Å². The van der Waals surface area contributed by atoms with Gasteiger partial charge >= 0.3 is 5.97 Å². The van der Waals surface area contributed by atoms with Crippen molar-refractivity contribution in [3.05, 3.63) is 11.1 Å². The van der Waals surface area contributed by atoms with Crippen LogP contribution in [0.15, 0.2) is 11.1 Å². The average Bonchev–Trinajstić information content (AvgIpc) is 1.98. The van der Waals surface area contributed by atoms with Gasteiger partial charge in [0.25, 0.3) is 0 Å². The van der Waals surface area contributed by atoms with Crippen molar-refractivity contribution < 1.29 is 9.53 Å². The summed E-state index contributed by atoms with van der Waals surface area (Å²) in [7, 11) is 1.42. The van der Waals surface area contributed by atoms with Gasteiger partial charge in [0.05, 0.1) is 7.11 Å². The third kappa shape index (κ3) is 3.21.